The van der Waals surface area contributed by atoms with Crippen LogP contribution in [0.1, 0.15) is 28.0 Å². The molecule has 0 spiro atoms. The summed E-state index contributed by atoms with van der Waals surface area (Å²) in [6.45, 7) is 0.538. The van der Waals surface area contributed by atoms with E-state index in [4.69, 9.17) is 23.2 Å². The van der Waals surface area contributed by atoms with Crippen LogP contribution in [0.4, 0.5) is 4.39 Å². The second-order valence-corrected chi connectivity index (χ2v) is 8.85. The summed E-state index contributed by atoms with van der Waals surface area (Å²) in [6.07, 6.45) is 2.36. The van der Waals surface area contributed by atoms with Crippen molar-refractivity contribution in [1.82, 2.24) is 9.88 Å². The number of benzene rings is 1. The van der Waals surface area contributed by atoms with Gasteiger partial charge in [0, 0.05) is 42.5 Å². The molecule has 0 saturated heterocycles. The van der Waals surface area contributed by atoms with E-state index in [2.05, 4.69) is 4.98 Å². The summed E-state index contributed by atoms with van der Waals surface area (Å²) >= 11 is 13.5. The van der Waals surface area contributed by atoms with Gasteiger partial charge in [0.05, 0.1) is 14.9 Å². The van der Waals surface area contributed by atoms with E-state index in [1.807, 2.05) is 30.1 Å². The summed E-state index contributed by atoms with van der Waals surface area (Å²) in [7, 11) is 1.94. The van der Waals surface area contributed by atoms with Crippen LogP contribution in [0.25, 0.3) is 5.70 Å². The van der Waals surface area contributed by atoms with Crippen LogP contribution in [-0.4, -0.2) is 28.6 Å². The van der Waals surface area contributed by atoms with Gasteiger partial charge in [-0.3, -0.25) is 4.98 Å². The van der Waals surface area contributed by atoms with Crippen molar-refractivity contribution in [1.29, 1.82) is 0 Å². The number of hydrogen-bond acceptors (Lipinski definition) is 4. The Balaban J connectivity index is 1.90. The van der Waals surface area contributed by atoms with E-state index in [0.29, 0.717) is 27.0 Å². The molecule has 7 heteroatoms. The molecule has 1 aliphatic heterocycles. The van der Waals surface area contributed by atoms with Crippen LogP contribution in [0.5, 0.6) is 0 Å². The summed E-state index contributed by atoms with van der Waals surface area (Å²) in [5.41, 5.74) is 2.77. The van der Waals surface area contributed by atoms with Gasteiger partial charge in [0.15, 0.2) is 0 Å². The smallest absolute Gasteiger partial charge is 0.128 e. The predicted octanol–water partition coefficient (Wildman–Crippen LogP) is 5.76. The molecule has 0 radical (unpaired) electrons. The average molecular weight is 435 g/mol. The number of hydrogen-bond donors (Lipinski definition) is 1. The van der Waals surface area contributed by atoms with Crippen LogP contribution in [0, 0.1) is 5.82 Å². The zero-order chi connectivity index (χ0) is 19.8. The van der Waals surface area contributed by atoms with Crippen LogP contribution >= 0.6 is 34.5 Å². The summed E-state index contributed by atoms with van der Waals surface area (Å²) in [4.78, 5) is 7.09. The van der Waals surface area contributed by atoms with Crippen molar-refractivity contribution < 1.29 is 9.50 Å². The third kappa shape index (κ3) is 3.55. The van der Waals surface area contributed by atoms with Gasteiger partial charge in [-0.15, -0.1) is 11.3 Å². The Morgan fingerprint density at radius 1 is 1.25 bits per heavy atom. The van der Waals surface area contributed by atoms with Crippen LogP contribution in [-0.2, 0) is 0 Å². The lowest BCUT2D eigenvalue weighted by atomic mass is 9.86. The standard InChI is InChI=1S/C21H17Cl2FN2OS/c1-26-11-15(14-5-4-13(22)9-16(14)24)19(20(26)17-6-7-18(23)28-17)21(27)12-3-2-8-25-10-12/h2-10,15,21,27H,11H2,1H3. The van der Waals surface area contributed by atoms with Crippen molar-refractivity contribution in [2.75, 3.05) is 13.6 Å². The number of halogens is 3. The van der Waals surface area contributed by atoms with E-state index in [9.17, 15) is 9.50 Å². The third-order valence-electron chi connectivity index (χ3n) is 4.93. The Hall–Kier alpha value is -1.92. The van der Waals surface area contributed by atoms with E-state index in [-0.39, 0.29) is 11.7 Å². The van der Waals surface area contributed by atoms with Crippen LogP contribution in [0.3, 0.4) is 0 Å². The maximum absolute atomic E-state index is 14.8. The number of aliphatic hydroxyl groups excluding tert-OH is 1. The molecule has 0 saturated carbocycles. The van der Waals surface area contributed by atoms with Gasteiger partial charge in [0.1, 0.15) is 11.9 Å². The molecule has 1 aliphatic rings. The molecule has 1 aromatic carbocycles. The highest BCUT2D eigenvalue weighted by Gasteiger charge is 2.37. The minimum Gasteiger partial charge on any atom is -0.384 e. The first kappa shape index (κ1) is 19.4. The van der Waals surface area contributed by atoms with E-state index in [1.54, 1.807) is 30.6 Å². The fraction of sp³-hybridized carbons (Fsp3) is 0.190. The first-order valence-electron chi connectivity index (χ1n) is 8.69. The summed E-state index contributed by atoms with van der Waals surface area (Å²) < 4.78 is 15.4. The van der Waals surface area contributed by atoms with Crippen molar-refractivity contribution in [3.63, 3.8) is 0 Å². The molecule has 2 atom stereocenters. The van der Waals surface area contributed by atoms with Gasteiger partial charge in [-0.1, -0.05) is 35.3 Å². The SMILES string of the molecule is CN1CC(c2ccc(Cl)cc2F)C(C(O)c2cccnc2)=C1c1ccc(Cl)s1. The second-order valence-electron chi connectivity index (χ2n) is 6.70. The van der Waals surface area contributed by atoms with E-state index in [1.165, 1.54) is 17.4 Å². The first-order valence-corrected chi connectivity index (χ1v) is 10.3. The van der Waals surface area contributed by atoms with Gasteiger partial charge in [-0.2, -0.15) is 0 Å². The zero-order valence-electron chi connectivity index (χ0n) is 14.9. The van der Waals surface area contributed by atoms with Gasteiger partial charge in [0.25, 0.3) is 0 Å². The lowest BCUT2D eigenvalue weighted by molar-refractivity contribution is 0.209. The fourth-order valence-electron chi connectivity index (χ4n) is 3.71. The molecule has 4 rings (SSSR count). The molecule has 2 unspecified atom stereocenters. The highest BCUT2D eigenvalue weighted by molar-refractivity contribution is 7.17. The van der Waals surface area contributed by atoms with Crippen LogP contribution in [0.2, 0.25) is 9.36 Å². The minimum atomic E-state index is -0.922. The number of nitrogens with zero attached hydrogens (tertiary/aromatic N) is 2. The van der Waals surface area contributed by atoms with Crippen molar-refractivity contribution >= 4 is 40.2 Å². The molecule has 0 aliphatic carbocycles. The van der Waals surface area contributed by atoms with Gasteiger partial charge in [-0.05, 0) is 41.5 Å². The molecule has 0 fully saturated rings. The largest absolute Gasteiger partial charge is 0.384 e. The van der Waals surface area contributed by atoms with Crippen LogP contribution < -0.4 is 0 Å². The molecule has 1 N–H and O–H groups in total. The molecule has 0 bridgehead atoms. The molecule has 3 aromatic rings. The number of likely N-dealkylation sites (N-methyl/N-ethyl adjacent to an activating group) is 1. The Kier molecular flexibility index (Phi) is 5.43. The van der Waals surface area contributed by atoms with Gasteiger partial charge in [0.2, 0.25) is 0 Å². The maximum atomic E-state index is 14.8. The van der Waals surface area contributed by atoms with Gasteiger partial charge in [-0.25, -0.2) is 4.39 Å². The minimum absolute atomic E-state index is 0.326. The summed E-state index contributed by atoms with van der Waals surface area (Å²) in [5, 5.41) is 11.6. The van der Waals surface area contributed by atoms with Crippen molar-refractivity contribution in [2.24, 2.45) is 0 Å². The topological polar surface area (TPSA) is 36.4 Å². The van der Waals surface area contributed by atoms with Gasteiger partial charge < -0.3 is 10.0 Å². The number of aromatic nitrogens is 1. The molecular weight excluding hydrogens is 418 g/mol. The van der Waals surface area contributed by atoms with E-state index >= 15 is 0 Å². The first-order chi connectivity index (χ1) is 13.5. The monoisotopic (exact) mass is 434 g/mol. The van der Waals surface area contributed by atoms with Crippen molar-refractivity contribution in [2.45, 2.75) is 12.0 Å². The van der Waals surface area contributed by atoms with E-state index in [0.717, 1.165) is 16.1 Å². The molecule has 0 amide bonds. The fourth-order valence-corrected chi connectivity index (χ4v) is 5.03. The summed E-state index contributed by atoms with van der Waals surface area (Å²) in [6, 6.07) is 12.0. The predicted molar refractivity (Wildman–Crippen MR) is 112 cm³/mol. The normalized spacial score (nSPS) is 18.0. The molecule has 28 heavy (non-hydrogen) atoms. The number of thiophene rings is 1. The van der Waals surface area contributed by atoms with Crippen LogP contribution in [0.15, 0.2) is 60.4 Å². The number of aliphatic hydroxyl groups is 1. The Morgan fingerprint density at radius 2 is 2.07 bits per heavy atom. The van der Waals surface area contributed by atoms with Crippen molar-refractivity contribution in [3.8, 4) is 0 Å². The summed E-state index contributed by atoms with van der Waals surface area (Å²) in [5.74, 6) is -0.708. The highest BCUT2D eigenvalue weighted by atomic mass is 35.5. The zero-order valence-corrected chi connectivity index (χ0v) is 17.3. The van der Waals surface area contributed by atoms with Crippen molar-refractivity contribution in [3.05, 3.63) is 91.6 Å². The molecule has 2 aromatic heterocycles. The molecular formula is C21H17Cl2FN2OS. The highest BCUT2D eigenvalue weighted by Crippen LogP contribution is 2.47. The Morgan fingerprint density at radius 3 is 2.71 bits per heavy atom. The van der Waals surface area contributed by atoms with Gasteiger partial charge >= 0.3 is 0 Å². The molecule has 144 valence electrons. The Labute approximate surface area is 176 Å². The molecule has 3 nitrogen and oxygen atoms in total. The molecule has 3 heterocycles. The quantitative estimate of drug-likeness (QED) is 0.566. The lowest BCUT2D eigenvalue weighted by Gasteiger charge is -2.21. The third-order valence-corrected chi connectivity index (χ3v) is 6.40. The maximum Gasteiger partial charge on any atom is 0.128 e. The lowest BCUT2D eigenvalue weighted by Crippen LogP contribution is -2.16. The Bertz CT molecular complexity index is 1040. The number of rotatable bonds is 4. The van der Waals surface area contributed by atoms with E-state index < -0.39 is 6.10 Å². The number of pyridine rings is 1. The second kappa shape index (κ2) is 7.84. The average Bonchev–Trinajstić information content (AvgIpc) is 3.24.